The normalized spacial score (nSPS) is 12.6. The molecule has 0 aliphatic rings. The molecule has 0 aromatic heterocycles. The van der Waals surface area contributed by atoms with Crippen molar-refractivity contribution in [3.63, 3.8) is 0 Å². The van der Waals surface area contributed by atoms with Gasteiger partial charge in [-0.05, 0) is 12.1 Å². The van der Waals surface area contributed by atoms with Crippen LogP contribution in [-0.2, 0) is 16.2 Å². The predicted molar refractivity (Wildman–Crippen MR) is 49.4 cm³/mol. The maximum Gasteiger partial charge on any atom is 0.420 e. The Morgan fingerprint density at radius 3 is 2.25 bits per heavy atom. The summed E-state index contributed by atoms with van der Waals surface area (Å²) < 4.78 is 64.0. The van der Waals surface area contributed by atoms with E-state index < -0.39 is 32.4 Å². The Morgan fingerprint density at radius 2 is 1.88 bits per heavy atom. The number of rotatable bonds is 2. The number of hydrogen-bond donors (Lipinski definition) is 1. The lowest BCUT2D eigenvalue weighted by Gasteiger charge is -2.14. The van der Waals surface area contributed by atoms with Gasteiger partial charge in [-0.15, -0.1) is 0 Å². The Bertz CT molecular complexity index is 496. The average Bonchev–Trinajstić information content (AvgIpc) is 2.13. The van der Waals surface area contributed by atoms with E-state index in [1.54, 1.807) is 0 Å². The zero-order valence-corrected chi connectivity index (χ0v) is 8.89. The number of methoxy groups -OCH3 is 1. The van der Waals surface area contributed by atoms with Gasteiger partial charge in [-0.1, -0.05) is 6.07 Å². The van der Waals surface area contributed by atoms with Crippen LogP contribution < -0.4 is 9.88 Å². The molecule has 1 aromatic rings. The molecule has 90 valence electrons. The van der Waals surface area contributed by atoms with Gasteiger partial charge in [0.15, 0.2) is 5.75 Å². The van der Waals surface area contributed by atoms with Gasteiger partial charge >= 0.3 is 6.18 Å². The average molecular weight is 255 g/mol. The van der Waals surface area contributed by atoms with Crippen molar-refractivity contribution in [2.75, 3.05) is 7.11 Å². The summed E-state index contributed by atoms with van der Waals surface area (Å²) >= 11 is 0. The van der Waals surface area contributed by atoms with Crippen LogP contribution in [0.4, 0.5) is 13.2 Å². The first-order valence-corrected chi connectivity index (χ1v) is 5.49. The largest absolute Gasteiger partial charge is 0.495 e. The topological polar surface area (TPSA) is 69.4 Å². The van der Waals surface area contributed by atoms with Gasteiger partial charge in [-0.3, -0.25) is 0 Å². The van der Waals surface area contributed by atoms with E-state index in [2.05, 4.69) is 4.74 Å². The summed E-state index contributed by atoms with van der Waals surface area (Å²) in [6.07, 6.45) is -4.70. The smallest absolute Gasteiger partial charge is 0.420 e. The zero-order valence-electron chi connectivity index (χ0n) is 8.08. The summed E-state index contributed by atoms with van der Waals surface area (Å²) in [6.45, 7) is 0. The predicted octanol–water partition coefficient (Wildman–Crippen LogP) is 1.36. The SMILES string of the molecule is COc1c(C(F)(F)F)cccc1S(N)(=O)=O. The van der Waals surface area contributed by atoms with Gasteiger partial charge in [0.1, 0.15) is 4.90 Å². The van der Waals surface area contributed by atoms with Crippen molar-refractivity contribution in [3.05, 3.63) is 23.8 Å². The molecule has 0 heterocycles. The maximum absolute atomic E-state index is 12.5. The first kappa shape index (κ1) is 12.8. The van der Waals surface area contributed by atoms with Crippen molar-refractivity contribution in [1.29, 1.82) is 0 Å². The molecular weight excluding hydrogens is 247 g/mol. The summed E-state index contributed by atoms with van der Waals surface area (Å²) in [4.78, 5) is -0.690. The summed E-state index contributed by atoms with van der Waals surface area (Å²) in [7, 11) is -3.31. The van der Waals surface area contributed by atoms with Crippen LogP contribution in [0.25, 0.3) is 0 Å². The second kappa shape index (κ2) is 3.95. The van der Waals surface area contributed by atoms with Gasteiger partial charge in [-0.2, -0.15) is 13.2 Å². The van der Waals surface area contributed by atoms with Crippen LogP contribution in [0.5, 0.6) is 5.75 Å². The molecule has 0 atom stereocenters. The fourth-order valence-electron chi connectivity index (χ4n) is 1.17. The van der Waals surface area contributed by atoms with E-state index in [9.17, 15) is 21.6 Å². The van der Waals surface area contributed by atoms with E-state index in [0.717, 1.165) is 19.2 Å². The van der Waals surface area contributed by atoms with Gasteiger partial charge in [0.2, 0.25) is 10.0 Å². The van der Waals surface area contributed by atoms with Crippen LogP contribution in [0.2, 0.25) is 0 Å². The molecule has 0 fully saturated rings. The molecule has 16 heavy (non-hydrogen) atoms. The number of sulfonamides is 1. The minimum absolute atomic E-state index is 0.690. The summed E-state index contributed by atoms with van der Waals surface area (Å²) in [5.74, 6) is -0.794. The molecule has 8 heteroatoms. The summed E-state index contributed by atoms with van der Waals surface area (Å²) in [5, 5.41) is 4.77. The summed E-state index contributed by atoms with van der Waals surface area (Å²) in [6, 6.07) is 2.61. The second-order valence-electron chi connectivity index (χ2n) is 2.88. The van der Waals surface area contributed by atoms with Crippen molar-refractivity contribution < 1.29 is 26.3 Å². The number of ether oxygens (including phenoxy) is 1. The lowest BCUT2D eigenvalue weighted by molar-refractivity contribution is -0.139. The molecule has 1 aromatic carbocycles. The minimum Gasteiger partial charge on any atom is -0.495 e. The molecule has 0 amide bonds. The highest BCUT2D eigenvalue weighted by molar-refractivity contribution is 7.89. The van der Waals surface area contributed by atoms with E-state index in [4.69, 9.17) is 5.14 Å². The quantitative estimate of drug-likeness (QED) is 0.867. The highest BCUT2D eigenvalue weighted by atomic mass is 32.2. The molecule has 4 nitrogen and oxygen atoms in total. The van der Waals surface area contributed by atoms with Gasteiger partial charge in [-0.25, -0.2) is 13.6 Å². The molecule has 0 saturated heterocycles. The van der Waals surface area contributed by atoms with Crippen LogP contribution >= 0.6 is 0 Å². The lowest BCUT2D eigenvalue weighted by Crippen LogP contribution is -2.16. The highest BCUT2D eigenvalue weighted by Crippen LogP contribution is 2.39. The van der Waals surface area contributed by atoms with E-state index >= 15 is 0 Å². The molecule has 0 spiro atoms. The monoisotopic (exact) mass is 255 g/mol. The number of halogens is 3. The van der Waals surface area contributed by atoms with E-state index in [0.29, 0.717) is 6.07 Å². The van der Waals surface area contributed by atoms with Gasteiger partial charge < -0.3 is 4.74 Å². The number of hydrogen-bond acceptors (Lipinski definition) is 3. The van der Waals surface area contributed by atoms with Crippen LogP contribution in [0, 0.1) is 0 Å². The minimum atomic E-state index is -4.70. The van der Waals surface area contributed by atoms with Crippen molar-refractivity contribution >= 4 is 10.0 Å². The Morgan fingerprint density at radius 1 is 1.31 bits per heavy atom. The standard InChI is InChI=1S/C8H8F3NO3S/c1-15-7-5(8(9,10)11)3-2-4-6(7)16(12,13)14/h2-4H,1H3,(H2,12,13,14). The Kier molecular flexibility index (Phi) is 3.15. The van der Waals surface area contributed by atoms with Crippen molar-refractivity contribution in [2.24, 2.45) is 5.14 Å². The number of primary sulfonamides is 1. The fourth-order valence-corrected chi connectivity index (χ4v) is 1.89. The van der Waals surface area contributed by atoms with Crippen molar-refractivity contribution in [3.8, 4) is 5.75 Å². The Labute approximate surface area is 89.9 Å². The number of nitrogens with two attached hydrogens (primary N) is 1. The third-order valence-electron chi connectivity index (χ3n) is 1.79. The maximum atomic E-state index is 12.5. The Balaban J connectivity index is 3.57. The lowest BCUT2D eigenvalue weighted by atomic mass is 10.2. The second-order valence-corrected chi connectivity index (χ2v) is 4.41. The zero-order chi connectivity index (χ0) is 12.6. The van der Waals surface area contributed by atoms with E-state index in [1.807, 2.05) is 0 Å². The molecule has 0 saturated carbocycles. The molecule has 0 aliphatic carbocycles. The Hall–Kier alpha value is -1.28. The molecule has 0 bridgehead atoms. The van der Waals surface area contributed by atoms with Gasteiger partial charge in [0.05, 0.1) is 12.7 Å². The van der Waals surface area contributed by atoms with Crippen LogP contribution in [0.3, 0.4) is 0 Å². The molecule has 0 unspecified atom stereocenters. The molecule has 2 N–H and O–H groups in total. The first-order valence-electron chi connectivity index (χ1n) is 3.95. The van der Waals surface area contributed by atoms with E-state index in [-0.39, 0.29) is 0 Å². The summed E-state index contributed by atoms with van der Waals surface area (Å²) in [5.41, 5.74) is -1.18. The fraction of sp³-hybridized carbons (Fsp3) is 0.250. The molecule has 1 rings (SSSR count). The third-order valence-corrected chi connectivity index (χ3v) is 2.73. The highest BCUT2D eigenvalue weighted by Gasteiger charge is 2.36. The van der Waals surface area contributed by atoms with Crippen LogP contribution in [-0.4, -0.2) is 15.5 Å². The van der Waals surface area contributed by atoms with Gasteiger partial charge in [0.25, 0.3) is 0 Å². The molecule has 0 aliphatic heterocycles. The van der Waals surface area contributed by atoms with Crippen molar-refractivity contribution in [1.82, 2.24) is 0 Å². The van der Waals surface area contributed by atoms with Crippen LogP contribution in [0.1, 0.15) is 5.56 Å². The number of alkyl halides is 3. The number of para-hydroxylation sites is 1. The third kappa shape index (κ3) is 2.45. The van der Waals surface area contributed by atoms with Crippen molar-refractivity contribution in [2.45, 2.75) is 11.1 Å². The number of benzene rings is 1. The molecule has 0 radical (unpaired) electrons. The molecular formula is C8H8F3NO3S. The van der Waals surface area contributed by atoms with E-state index in [1.165, 1.54) is 0 Å². The van der Waals surface area contributed by atoms with Crippen LogP contribution in [0.15, 0.2) is 23.1 Å². The van der Waals surface area contributed by atoms with Gasteiger partial charge in [0, 0.05) is 0 Å². The first-order chi connectivity index (χ1) is 7.18.